The molecule has 0 radical (unpaired) electrons. The van der Waals surface area contributed by atoms with Gasteiger partial charge in [-0.2, -0.15) is 0 Å². The van der Waals surface area contributed by atoms with Crippen LogP contribution in [0, 0.1) is 23.7 Å². The Morgan fingerprint density at radius 2 is 0.843 bits per heavy atom. The zero-order valence-electron chi connectivity index (χ0n) is 97.0. The number of hydrogen-bond donors (Lipinski definition) is 0. The first-order chi connectivity index (χ1) is 64.9. The summed E-state index contributed by atoms with van der Waals surface area (Å²) in [5, 5.41) is 0. The first-order valence-electron chi connectivity index (χ1n) is 55.1. The van der Waals surface area contributed by atoms with E-state index in [0.29, 0.717) is 9.80 Å². The molecule has 8 aromatic carbocycles. The predicted octanol–water partition coefficient (Wildman–Crippen LogP) is 20.8. The van der Waals surface area contributed by atoms with Crippen molar-refractivity contribution in [3.05, 3.63) is 270 Å². The Balaban J connectivity index is 1.21. The second-order valence-corrected chi connectivity index (χ2v) is 21.5. The number of fused-ring (bicyclic) bond motifs is 4. The average molecular weight is 1210 g/mol. The van der Waals surface area contributed by atoms with Gasteiger partial charge in [0.1, 0.15) is 0 Å². The van der Waals surface area contributed by atoms with Crippen LogP contribution in [0.4, 0.5) is 56.9 Å². The molecule has 0 fully saturated rings. The topological polar surface area (TPSA) is 13.0 Å². The summed E-state index contributed by atoms with van der Waals surface area (Å²) in [6.45, 7) is -1.92. The zero-order chi connectivity index (χ0) is 103. The summed E-state index contributed by atoms with van der Waals surface area (Å²) >= 11 is 0. The van der Waals surface area contributed by atoms with E-state index in [4.69, 9.17) is 9.60 Å². The van der Waals surface area contributed by atoms with Crippen LogP contribution in [0.2, 0.25) is 0 Å². The maximum Gasteiger partial charge on any atom is 0.252 e. The highest BCUT2D eigenvalue weighted by atomic mass is 15.2. The smallest absolute Gasteiger partial charge is 0.252 e. The monoisotopic (exact) mass is 1210 g/mol. The quantitative estimate of drug-likeness (QED) is 0.0842. The second kappa shape index (κ2) is 24.8. The largest absolute Gasteiger partial charge is 0.334 e. The fourth-order valence-electron chi connectivity index (χ4n) is 13.1. The molecule has 0 saturated carbocycles. The Morgan fingerprint density at radius 3 is 1.34 bits per heavy atom. The van der Waals surface area contributed by atoms with Gasteiger partial charge in [-0.3, -0.25) is 0 Å². The molecule has 4 nitrogen and oxygen atoms in total. The fraction of sp³-hybridized carbons (Fsp3) is 0.286. The summed E-state index contributed by atoms with van der Waals surface area (Å²) in [6.07, 6.45) is -37.7. The van der Waals surface area contributed by atoms with E-state index in [2.05, 4.69) is 0 Å². The van der Waals surface area contributed by atoms with Gasteiger partial charge in [0.05, 0.1) is 57.3 Å². The Kier molecular flexibility index (Phi) is 6.69. The Labute approximate surface area is 600 Å². The number of benzene rings is 8. The molecule has 0 saturated heterocycles. The van der Waals surface area contributed by atoms with E-state index < -0.39 is 447 Å². The number of nitrogens with zero attached hydrogens (tertiary/aromatic N) is 4. The van der Waals surface area contributed by atoms with Crippen molar-refractivity contribution < 1.29 is 68.5 Å². The third-order valence-corrected chi connectivity index (χ3v) is 16.8. The van der Waals surface area contributed by atoms with Crippen molar-refractivity contribution in [3.63, 3.8) is 0 Å². The minimum absolute atomic E-state index is 0.287. The van der Waals surface area contributed by atoms with Gasteiger partial charge in [-0.15, -0.1) is 0 Å². The molecule has 16 rings (SSSR count). The lowest BCUT2D eigenvalue weighted by Gasteiger charge is -2.53. The number of para-hydroxylation sites is 4. The van der Waals surface area contributed by atoms with Crippen LogP contribution in [-0.4, -0.2) is 18.8 Å². The minimum atomic E-state index is -2.49. The van der Waals surface area contributed by atoms with Crippen LogP contribution in [0.5, 0.6) is 0 Å². The van der Waals surface area contributed by atoms with Crippen molar-refractivity contribution in [2.75, 3.05) is 19.6 Å². The van der Waals surface area contributed by atoms with Gasteiger partial charge in [0.2, 0.25) is 0 Å². The molecule has 23 unspecified atom stereocenters. The molecular weight excluding hydrogens is 1080 g/mol. The predicted molar refractivity (Wildman–Crippen MR) is 378 cm³/mol. The van der Waals surface area contributed by atoms with Crippen LogP contribution in [0.15, 0.2) is 270 Å². The van der Waals surface area contributed by atoms with Gasteiger partial charge in [-0.1, -0.05) is 174 Å². The lowest BCUT2D eigenvalue weighted by Crippen LogP contribution is -2.65. The summed E-state index contributed by atoms with van der Waals surface area (Å²) in [5.41, 5.74) is -12.7. The zero-order valence-corrected chi connectivity index (χ0v) is 47.0. The van der Waals surface area contributed by atoms with Gasteiger partial charge in [0.15, 0.2) is 0 Å². The van der Waals surface area contributed by atoms with E-state index in [1.54, 1.807) is 0 Å². The summed E-state index contributed by atoms with van der Waals surface area (Å²) in [6, 6.07) is -30.7. The van der Waals surface area contributed by atoms with Crippen molar-refractivity contribution in [1.29, 1.82) is 0 Å². The van der Waals surface area contributed by atoms with Gasteiger partial charge >= 0.3 is 0 Å². The molecule has 23 atom stereocenters. The van der Waals surface area contributed by atoms with E-state index in [1.165, 1.54) is 12.1 Å². The van der Waals surface area contributed by atoms with Crippen molar-refractivity contribution in [2.24, 2.45) is 23.7 Å². The summed E-state index contributed by atoms with van der Waals surface area (Å²) in [5.74, 6) is -8.71. The van der Waals surface area contributed by atoms with E-state index in [9.17, 15) is 58.9 Å². The van der Waals surface area contributed by atoms with Crippen molar-refractivity contribution in [3.8, 4) is 11.1 Å². The third-order valence-electron chi connectivity index (χ3n) is 16.8. The van der Waals surface area contributed by atoms with Crippen molar-refractivity contribution >= 4 is 80.0 Å². The van der Waals surface area contributed by atoms with Crippen molar-refractivity contribution in [2.45, 2.75) is 127 Å². The van der Waals surface area contributed by atoms with Crippen LogP contribution in [0.1, 0.15) is 184 Å². The number of allylic oxidation sites excluding steroid dienone is 8. The van der Waals surface area contributed by atoms with Gasteiger partial charge in [-0.25, -0.2) is 0 Å². The molecular formula is C84H83BN4. The molecule has 6 aliphatic carbocycles. The molecule has 2 aliphatic heterocycles. The summed E-state index contributed by atoms with van der Waals surface area (Å²) in [4.78, 5) is 3.61. The molecule has 89 heavy (non-hydrogen) atoms. The molecule has 0 aromatic heterocycles. The molecule has 0 bridgehead atoms. The van der Waals surface area contributed by atoms with E-state index in [1.807, 2.05) is 0 Å². The van der Waals surface area contributed by atoms with Crippen molar-refractivity contribution in [1.82, 2.24) is 0 Å². The van der Waals surface area contributed by atoms with Crippen LogP contribution in [0.25, 0.3) is 11.1 Å². The lowest BCUT2D eigenvalue weighted by molar-refractivity contribution is 0.391. The summed E-state index contributed by atoms with van der Waals surface area (Å²) in [7, 11) is 0. The maximum atomic E-state index is 10.7. The first-order valence-corrected chi connectivity index (χ1v) is 28.8. The highest BCUT2D eigenvalue weighted by Gasteiger charge is 2.51. The molecule has 8 aromatic rings. The molecule has 0 amide bonds. The van der Waals surface area contributed by atoms with E-state index in [-0.39, 0.29) is 16.4 Å². The van der Waals surface area contributed by atoms with Gasteiger partial charge in [0.25, 0.3) is 6.71 Å². The molecule has 0 spiro atoms. The Morgan fingerprint density at radius 1 is 0.393 bits per heavy atom. The Hall–Kier alpha value is -8.54. The highest BCUT2D eigenvalue weighted by molar-refractivity contribution is 7.00. The summed E-state index contributed by atoms with van der Waals surface area (Å²) < 4.78 is 482. The second-order valence-electron chi connectivity index (χ2n) is 21.5. The number of rotatable bonds is 13. The Bertz CT molecular complexity index is 6510. The minimum Gasteiger partial charge on any atom is -0.334 e. The number of anilines is 10. The molecule has 8 aliphatic rings. The fourth-order valence-corrected chi connectivity index (χ4v) is 13.1. The standard InChI is InChI=1S/C84H83BN4/c1-10-30-60(31-11-1)65-56-80-82-81(57-65)89(84-74(63-36-16-4-17-37-63)50-29-51-75(84)64-38-18-5-19-39-64)79-59-71(87(68-44-24-8-25-45-68)69-46-26-9-27-47-69)53-55-77(79)85(82)76-54-52-70(86(66-40-20-6-21-41-66)67-42-22-7-23-43-67)58-78(76)88(80)83-72(61-32-12-2-13-33-61)48-28-49-73(83)62-34-14-3-15-35-62/h1-2,4,6-12,16,20-27,30-31,34,38,40-48,50,52-59,61,63,73,75,83-84H,3,5,13-15,17-19,28-29,32-33,35-37,39,49,51H2/i1D,2D,3D,4D,5D,6D,7D,8D,9D,10D,11D,12D,13D,14D,15D,16D,17D,18D,19D,20D,21D,22D,23D,24D,25D,26D,27D,28D,29D,30D,31D,32D,33D,34D,35D,36D,38D,39D,40D,41D,42D,43D,44D,45D,46D,47D,48D,49D,50D,51D. The van der Waals surface area contributed by atoms with Gasteiger partial charge in [0, 0.05) is 92.0 Å². The van der Waals surface area contributed by atoms with Crippen LogP contribution >= 0.6 is 0 Å². The number of hydrogen-bond acceptors (Lipinski definition) is 4. The normalized spacial score (nSPS) is 45.7. The lowest BCUT2D eigenvalue weighted by atomic mass is 9.33. The van der Waals surface area contributed by atoms with E-state index in [0.717, 1.165) is 46.2 Å². The molecule has 5 heteroatoms. The molecule has 442 valence electrons. The van der Waals surface area contributed by atoms with Crippen LogP contribution in [-0.2, 0) is 0 Å². The molecule has 0 N–H and O–H groups in total. The average Bonchev–Trinajstić information content (AvgIpc) is 0.676. The SMILES string of the molecule is [2H]C1=C([2H])C([2H])C(C2=C([2H])C([2H])C([2H])C(C3=C([2H])C([2H])C([2H])C([2H])C3[2H])C2N2c3cc(N(c4c([2H])c([2H])c([2H])c([2H])c4[2H])c4c([2H])c([2H])c([2H])c([2H])c4[2H])ccc3B3c4ccc(N(c5c([2H])c([2H])c([2H])c([2H])c5[2H])c5c([2H])c([2H])c([2H])c([2H])c5[2H])cc4N(C4C(C5C([2H])C([2H])=C([2H])C([2H])C5[2H])=C([2H])C([2H])C([2H])C4C4=C([2H])C([2H])C([2H])C([2H])C4[2H])c4cc(-c5c([2H])c([2H])c([2H])c([2H])c5[2H])cc2c43)CC1[2H]. The van der Waals surface area contributed by atoms with Crippen LogP contribution in [0.3, 0.4) is 0 Å². The first kappa shape index (κ1) is 24.0. The van der Waals surface area contributed by atoms with Gasteiger partial charge in [-0.05, 0) is 250 Å². The highest BCUT2D eigenvalue weighted by Crippen LogP contribution is 2.54. The maximum absolute atomic E-state index is 10.7. The molecule has 2 heterocycles. The van der Waals surface area contributed by atoms with E-state index >= 15 is 0 Å². The van der Waals surface area contributed by atoms with Gasteiger partial charge < -0.3 is 19.6 Å². The third kappa shape index (κ3) is 10.5. The van der Waals surface area contributed by atoms with Crippen LogP contribution < -0.4 is 36.0 Å².